The van der Waals surface area contributed by atoms with Gasteiger partial charge in [0.15, 0.2) is 0 Å². The largest absolute Gasteiger partial charge is 0.382 e. The highest BCUT2D eigenvalue weighted by Crippen LogP contribution is 2.34. The Kier molecular flexibility index (Phi) is 6.37. The van der Waals surface area contributed by atoms with Crippen LogP contribution in [0.25, 0.3) is 0 Å². The van der Waals surface area contributed by atoms with E-state index in [4.69, 9.17) is 4.74 Å². The van der Waals surface area contributed by atoms with E-state index in [9.17, 15) is 0 Å². The molecule has 0 aromatic rings. The van der Waals surface area contributed by atoms with E-state index in [1.54, 1.807) is 0 Å². The summed E-state index contributed by atoms with van der Waals surface area (Å²) in [6.45, 7) is 7.83. The fourth-order valence-electron chi connectivity index (χ4n) is 3.05. The van der Waals surface area contributed by atoms with Gasteiger partial charge in [0, 0.05) is 13.2 Å². The van der Waals surface area contributed by atoms with Crippen LogP contribution in [-0.2, 0) is 4.74 Å². The Hall–Kier alpha value is -0.0800. The van der Waals surface area contributed by atoms with Crippen molar-refractivity contribution in [3.63, 3.8) is 0 Å². The maximum atomic E-state index is 5.42. The lowest BCUT2D eigenvalue weighted by Crippen LogP contribution is -2.41. The van der Waals surface area contributed by atoms with Crippen LogP contribution in [0.1, 0.15) is 52.9 Å². The number of hydrogen-bond acceptors (Lipinski definition) is 2. The van der Waals surface area contributed by atoms with Crippen LogP contribution in [0, 0.1) is 11.8 Å². The van der Waals surface area contributed by atoms with Crippen molar-refractivity contribution in [3.8, 4) is 0 Å². The van der Waals surface area contributed by atoms with Crippen molar-refractivity contribution in [1.82, 2.24) is 5.32 Å². The summed E-state index contributed by atoms with van der Waals surface area (Å²) in [6.07, 6.45) is 7.12. The van der Waals surface area contributed by atoms with Gasteiger partial charge in [-0.2, -0.15) is 0 Å². The summed E-state index contributed by atoms with van der Waals surface area (Å²) in [5.41, 5.74) is 0. The van der Waals surface area contributed by atoms with Gasteiger partial charge in [-0.3, -0.25) is 0 Å². The number of nitrogens with one attached hydrogen (secondary N) is 1. The van der Waals surface area contributed by atoms with E-state index in [0.717, 1.165) is 24.4 Å². The van der Waals surface area contributed by atoms with Gasteiger partial charge in [0.1, 0.15) is 0 Å². The molecule has 96 valence electrons. The quantitative estimate of drug-likeness (QED) is 0.752. The maximum Gasteiger partial charge on any atom is 0.0546 e. The summed E-state index contributed by atoms with van der Waals surface area (Å²) in [6, 6.07) is 0.727. The highest BCUT2D eigenvalue weighted by molar-refractivity contribution is 4.85. The average molecular weight is 227 g/mol. The molecule has 1 aliphatic carbocycles. The Morgan fingerprint density at radius 3 is 2.62 bits per heavy atom. The minimum atomic E-state index is 0.404. The van der Waals surface area contributed by atoms with Crippen LogP contribution in [0.2, 0.25) is 0 Å². The molecule has 1 saturated carbocycles. The molecule has 16 heavy (non-hydrogen) atoms. The van der Waals surface area contributed by atoms with Crippen molar-refractivity contribution in [2.24, 2.45) is 11.8 Å². The normalized spacial score (nSPS) is 32.6. The van der Waals surface area contributed by atoms with Crippen LogP contribution in [0.5, 0.6) is 0 Å². The molecule has 1 fully saturated rings. The predicted octanol–water partition coefficient (Wildman–Crippen LogP) is 3.22. The number of hydrogen-bond donors (Lipinski definition) is 1. The molecule has 0 aliphatic heterocycles. The molecule has 1 N–H and O–H groups in total. The molecule has 4 unspecified atom stereocenters. The smallest absolute Gasteiger partial charge is 0.0546 e. The van der Waals surface area contributed by atoms with Gasteiger partial charge in [-0.25, -0.2) is 0 Å². The molecular weight excluding hydrogens is 198 g/mol. The Bertz CT molecular complexity index is 182. The molecule has 2 nitrogen and oxygen atoms in total. The molecule has 0 aromatic carbocycles. The van der Waals surface area contributed by atoms with Gasteiger partial charge in [0.05, 0.1) is 6.10 Å². The minimum absolute atomic E-state index is 0.404. The summed E-state index contributed by atoms with van der Waals surface area (Å²) in [7, 11) is 1.83. The monoisotopic (exact) mass is 227 g/mol. The Morgan fingerprint density at radius 2 is 2.06 bits per heavy atom. The Labute approximate surface area is 101 Å². The van der Waals surface area contributed by atoms with E-state index in [1.165, 1.54) is 32.1 Å². The molecule has 0 bridgehead atoms. The summed E-state index contributed by atoms with van der Waals surface area (Å²) in [4.78, 5) is 0. The summed E-state index contributed by atoms with van der Waals surface area (Å²) in [5, 5.41) is 3.65. The Morgan fingerprint density at radius 1 is 1.31 bits per heavy atom. The van der Waals surface area contributed by atoms with Gasteiger partial charge in [0.2, 0.25) is 0 Å². The zero-order valence-corrected chi connectivity index (χ0v) is 11.5. The third kappa shape index (κ3) is 4.06. The van der Waals surface area contributed by atoms with Crippen molar-refractivity contribution >= 4 is 0 Å². The standard InChI is InChI=1S/C14H29NO/c1-5-12-7-8-14(15-6-2)13(10-12)9-11(3)16-4/h11-15H,5-10H2,1-4H3. The van der Waals surface area contributed by atoms with E-state index in [1.807, 2.05) is 7.11 Å². The molecule has 2 heteroatoms. The molecule has 1 aliphatic rings. The van der Waals surface area contributed by atoms with Gasteiger partial charge >= 0.3 is 0 Å². The van der Waals surface area contributed by atoms with E-state index >= 15 is 0 Å². The minimum Gasteiger partial charge on any atom is -0.382 e. The second kappa shape index (κ2) is 7.29. The molecule has 0 saturated heterocycles. The van der Waals surface area contributed by atoms with Gasteiger partial charge in [0.25, 0.3) is 0 Å². The lowest BCUT2D eigenvalue weighted by Gasteiger charge is -2.37. The van der Waals surface area contributed by atoms with Crippen LogP contribution in [0.15, 0.2) is 0 Å². The lowest BCUT2D eigenvalue weighted by atomic mass is 9.75. The highest BCUT2D eigenvalue weighted by Gasteiger charge is 2.30. The fraction of sp³-hybridized carbons (Fsp3) is 1.00. The van der Waals surface area contributed by atoms with Crippen LogP contribution in [0.4, 0.5) is 0 Å². The number of rotatable bonds is 6. The van der Waals surface area contributed by atoms with Gasteiger partial charge in [-0.05, 0) is 51.0 Å². The van der Waals surface area contributed by atoms with E-state index in [-0.39, 0.29) is 0 Å². The van der Waals surface area contributed by atoms with E-state index in [0.29, 0.717) is 6.10 Å². The molecule has 0 heterocycles. The first kappa shape index (κ1) is 14.0. The van der Waals surface area contributed by atoms with Gasteiger partial charge in [-0.1, -0.05) is 20.3 Å². The first-order chi connectivity index (χ1) is 7.71. The van der Waals surface area contributed by atoms with Crippen molar-refractivity contribution < 1.29 is 4.74 Å². The SMILES string of the molecule is CCNC1CCC(CC)CC1CC(C)OC. The average Bonchev–Trinajstić information content (AvgIpc) is 2.31. The molecule has 0 radical (unpaired) electrons. The first-order valence-corrected chi connectivity index (χ1v) is 6.97. The van der Waals surface area contributed by atoms with Crippen LogP contribution in [0.3, 0.4) is 0 Å². The van der Waals surface area contributed by atoms with E-state index < -0.39 is 0 Å². The molecule has 0 aromatic heterocycles. The maximum absolute atomic E-state index is 5.42. The van der Waals surface area contributed by atoms with Crippen molar-refractivity contribution in [1.29, 1.82) is 0 Å². The predicted molar refractivity (Wildman–Crippen MR) is 69.7 cm³/mol. The molecular formula is C14H29NO. The zero-order chi connectivity index (χ0) is 12.0. The fourth-order valence-corrected chi connectivity index (χ4v) is 3.05. The van der Waals surface area contributed by atoms with Crippen LogP contribution < -0.4 is 5.32 Å². The van der Waals surface area contributed by atoms with Crippen molar-refractivity contribution in [2.45, 2.75) is 65.0 Å². The lowest BCUT2D eigenvalue weighted by molar-refractivity contribution is 0.0702. The van der Waals surface area contributed by atoms with E-state index in [2.05, 4.69) is 26.1 Å². The van der Waals surface area contributed by atoms with Crippen LogP contribution in [-0.4, -0.2) is 25.8 Å². The number of ether oxygens (including phenoxy) is 1. The van der Waals surface area contributed by atoms with Crippen LogP contribution >= 0.6 is 0 Å². The third-order valence-electron chi connectivity index (χ3n) is 4.17. The van der Waals surface area contributed by atoms with Gasteiger partial charge in [-0.15, -0.1) is 0 Å². The topological polar surface area (TPSA) is 21.3 Å². The van der Waals surface area contributed by atoms with Crippen molar-refractivity contribution in [3.05, 3.63) is 0 Å². The summed E-state index contributed by atoms with van der Waals surface area (Å²) < 4.78 is 5.42. The molecule has 1 rings (SSSR count). The second-order valence-electron chi connectivity index (χ2n) is 5.29. The highest BCUT2D eigenvalue weighted by atomic mass is 16.5. The molecule has 4 atom stereocenters. The van der Waals surface area contributed by atoms with Gasteiger partial charge < -0.3 is 10.1 Å². The summed E-state index contributed by atoms with van der Waals surface area (Å²) >= 11 is 0. The molecule has 0 amide bonds. The second-order valence-corrected chi connectivity index (χ2v) is 5.29. The Balaban J connectivity index is 2.49. The zero-order valence-electron chi connectivity index (χ0n) is 11.5. The molecule has 0 spiro atoms. The third-order valence-corrected chi connectivity index (χ3v) is 4.17. The van der Waals surface area contributed by atoms with Crippen molar-refractivity contribution in [2.75, 3.05) is 13.7 Å². The first-order valence-electron chi connectivity index (χ1n) is 6.97. The number of methoxy groups -OCH3 is 1. The summed E-state index contributed by atoms with van der Waals surface area (Å²) in [5.74, 6) is 1.76.